The molecular weight excluding hydrogens is 901 g/mol. The minimum atomic E-state index is -0.656. The van der Waals surface area contributed by atoms with Gasteiger partial charge in [0.2, 0.25) is 0 Å². The summed E-state index contributed by atoms with van der Waals surface area (Å²) >= 11 is 7.76. The summed E-state index contributed by atoms with van der Waals surface area (Å²) in [5.74, 6) is 0. The molecule has 10 aromatic rings. The number of hydrogen-bond acceptors (Lipinski definition) is 6. The van der Waals surface area contributed by atoms with Crippen LogP contribution in [-0.4, -0.2) is 0 Å². The third kappa shape index (κ3) is 6.17. The molecule has 2 aromatic heterocycles. The zero-order valence-corrected chi connectivity index (χ0v) is 41.4. The van der Waals surface area contributed by atoms with E-state index < -0.39 is 10.8 Å². The Morgan fingerprint density at radius 3 is 0.853 bits per heavy atom. The van der Waals surface area contributed by atoms with Gasteiger partial charge in [-0.05, 0) is 168 Å². The summed E-state index contributed by atoms with van der Waals surface area (Å²) in [5.41, 5.74) is 16.3. The van der Waals surface area contributed by atoms with Crippen molar-refractivity contribution in [2.45, 2.75) is 58.1 Å². The number of benzene rings is 8. The van der Waals surface area contributed by atoms with Crippen molar-refractivity contribution in [1.29, 1.82) is 0 Å². The molecule has 2 aliphatic heterocycles. The van der Waals surface area contributed by atoms with Gasteiger partial charge in [-0.3, -0.25) is 0 Å². The van der Waals surface area contributed by atoms with Gasteiger partial charge in [-0.25, -0.2) is 0 Å². The molecule has 3 aliphatic rings. The smallest absolute Gasteiger partial charge is 0.101 e. The Balaban J connectivity index is 1.23. The predicted octanol–water partition coefficient (Wildman–Crippen LogP) is 18.0. The van der Waals surface area contributed by atoms with Crippen molar-refractivity contribution in [3.8, 4) is 0 Å². The van der Waals surface area contributed by atoms with Gasteiger partial charge in [0.05, 0.1) is 10.8 Å². The first-order chi connectivity index (χ1) is 33.3. The first-order valence-corrected chi connectivity index (χ1v) is 26.5. The van der Waals surface area contributed by atoms with Gasteiger partial charge in [0.25, 0.3) is 0 Å². The predicted molar refractivity (Wildman–Crippen MR) is 289 cm³/mol. The van der Waals surface area contributed by atoms with E-state index in [-0.39, 0.29) is 0 Å². The summed E-state index contributed by atoms with van der Waals surface area (Å²) in [6.07, 6.45) is 0. The van der Waals surface area contributed by atoms with E-state index in [1.807, 2.05) is 46.2 Å². The fourth-order valence-corrected chi connectivity index (χ4v) is 16.6. The Labute approximate surface area is 415 Å². The minimum Gasteiger partial charge on any atom is -0.302 e. The Morgan fingerprint density at radius 2 is 0.574 bits per heavy atom. The van der Waals surface area contributed by atoms with Crippen LogP contribution in [0.15, 0.2) is 226 Å². The molecule has 8 aromatic carbocycles. The zero-order valence-electron chi connectivity index (χ0n) is 38.2. The lowest BCUT2D eigenvalue weighted by atomic mass is 9.55. The molecule has 0 radical (unpaired) electrons. The molecule has 328 valence electrons. The Hall–Kier alpha value is -6.54. The second kappa shape index (κ2) is 16.0. The van der Waals surface area contributed by atoms with E-state index in [1.165, 1.54) is 95.0 Å². The maximum atomic E-state index is 2.60. The minimum absolute atomic E-state index is 0.656. The summed E-state index contributed by atoms with van der Waals surface area (Å²) < 4.78 is 0. The molecule has 4 heterocycles. The monoisotopic (exact) mass is 946 g/mol. The van der Waals surface area contributed by atoms with Crippen LogP contribution in [0.25, 0.3) is 0 Å². The molecule has 2 nitrogen and oxygen atoms in total. The standard InChI is InChI=1S/C62H46N2S4/c1-39-17-13-21-43(33-39)63(44-22-14-18-40(2)34-44)57-37-51-59(67-57)62(49-27-7-11-31-55(49)66-56-32-12-8-28-50(56)62)52-38-58(64(45-23-15-19-41(3)35-45)46-24-16-20-42(4)36-46)68-60(52)61(51)47-25-5-9-29-53(47)65-54-30-10-6-26-48(54)61/h5-38H,1-4H3. The van der Waals surface area contributed by atoms with Gasteiger partial charge in [-0.2, -0.15) is 0 Å². The molecule has 13 rings (SSSR count). The Kier molecular flexibility index (Phi) is 9.82. The van der Waals surface area contributed by atoms with Crippen molar-refractivity contribution in [1.82, 2.24) is 0 Å². The highest BCUT2D eigenvalue weighted by Gasteiger charge is 2.60. The van der Waals surface area contributed by atoms with Crippen LogP contribution in [0.5, 0.6) is 0 Å². The van der Waals surface area contributed by atoms with Crippen molar-refractivity contribution in [2.24, 2.45) is 0 Å². The molecule has 0 atom stereocenters. The van der Waals surface area contributed by atoms with Crippen LogP contribution in [0, 0.1) is 27.7 Å². The molecule has 0 unspecified atom stereocenters. The first-order valence-electron chi connectivity index (χ1n) is 23.2. The molecule has 0 saturated heterocycles. The number of fused-ring (bicyclic) bond motifs is 14. The average molecular weight is 947 g/mol. The lowest BCUT2D eigenvalue weighted by Gasteiger charge is -2.51. The Morgan fingerprint density at radius 1 is 0.294 bits per heavy atom. The van der Waals surface area contributed by atoms with Crippen molar-refractivity contribution in [3.63, 3.8) is 0 Å². The molecule has 0 bridgehead atoms. The maximum Gasteiger partial charge on any atom is 0.101 e. The molecule has 0 saturated carbocycles. The lowest BCUT2D eigenvalue weighted by molar-refractivity contribution is 0.609. The third-order valence-corrected chi connectivity index (χ3v) is 18.8. The van der Waals surface area contributed by atoms with Crippen LogP contribution >= 0.6 is 46.2 Å². The SMILES string of the molecule is Cc1cccc(N(c2cccc(C)c2)c2cc3c(s2)C2(c4ccccc4Sc4ccccc42)c2cc(N(c4cccc(C)c4)c4cccc(C)c4)sc2C32c3ccccc3Sc3ccccc32)c1. The van der Waals surface area contributed by atoms with E-state index in [2.05, 4.69) is 244 Å². The van der Waals surface area contributed by atoms with Crippen LogP contribution in [0.4, 0.5) is 32.8 Å². The van der Waals surface area contributed by atoms with Crippen LogP contribution in [0.3, 0.4) is 0 Å². The summed E-state index contributed by atoms with van der Waals surface area (Å²) in [4.78, 5) is 13.0. The van der Waals surface area contributed by atoms with E-state index in [9.17, 15) is 0 Å². The molecule has 0 amide bonds. The van der Waals surface area contributed by atoms with E-state index in [4.69, 9.17) is 0 Å². The van der Waals surface area contributed by atoms with Crippen LogP contribution < -0.4 is 9.80 Å². The van der Waals surface area contributed by atoms with E-state index >= 15 is 0 Å². The number of thiophene rings is 2. The second-order valence-corrected chi connectivity index (χ2v) is 22.6. The molecule has 2 spiro atoms. The van der Waals surface area contributed by atoms with Gasteiger partial charge < -0.3 is 9.80 Å². The van der Waals surface area contributed by atoms with E-state index in [0.717, 1.165) is 22.7 Å². The molecule has 68 heavy (non-hydrogen) atoms. The van der Waals surface area contributed by atoms with Gasteiger partial charge in [-0.1, -0.05) is 145 Å². The van der Waals surface area contributed by atoms with Gasteiger partial charge in [-0.15, -0.1) is 22.7 Å². The van der Waals surface area contributed by atoms with Crippen LogP contribution in [-0.2, 0) is 10.8 Å². The number of anilines is 6. The number of aryl methyl sites for hydroxylation is 4. The summed E-state index contributed by atoms with van der Waals surface area (Å²) in [6, 6.07) is 78.3. The highest BCUT2D eigenvalue weighted by molar-refractivity contribution is 7.99. The highest BCUT2D eigenvalue weighted by atomic mass is 32.2. The summed E-state index contributed by atoms with van der Waals surface area (Å²) in [7, 11) is 0. The van der Waals surface area contributed by atoms with Crippen molar-refractivity contribution >= 4 is 78.9 Å². The fourth-order valence-electron chi connectivity index (χ4n) is 11.3. The normalized spacial score (nSPS) is 14.3. The van der Waals surface area contributed by atoms with Gasteiger partial charge in [0.15, 0.2) is 0 Å². The molecule has 6 heteroatoms. The maximum absolute atomic E-state index is 2.60. The molecule has 0 N–H and O–H groups in total. The number of rotatable bonds is 6. The van der Waals surface area contributed by atoms with Crippen molar-refractivity contribution in [2.75, 3.05) is 9.80 Å². The van der Waals surface area contributed by atoms with Gasteiger partial charge in [0.1, 0.15) is 10.0 Å². The zero-order chi connectivity index (χ0) is 45.7. The van der Waals surface area contributed by atoms with E-state index in [1.54, 1.807) is 0 Å². The number of nitrogens with zero attached hydrogens (tertiary/aromatic N) is 2. The van der Waals surface area contributed by atoms with Crippen molar-refractivity contribution in [3.05, 3.63) is 272 Å². The van der Waals surface area contributed by atoms with Crippen molar-refractivity contribution < 1.29 is 0 Å². The molecule has 0 fully saturated rings. The summed E-state index contributed by atoms with van der Waals surface area (Å²) in [6.45, 7) is 8.81. The van der Waals surface area contributed by atoms with Crippen LogP contribution in [0.1, 0.15) is 65.4 Å². The largest absolute Gasteiger partial charge is 0.302 e. The average Bonchev–Trinajstić information content (AvgIpc) is 4.00. The third-order valence-electron chi connectivity index (χ3n) is 14.0. The molecule has 1 aliphatic carbocycles. The fraction of sp³-hybridized carbons (Fsp3) is 0.0968. The quantitative estimate of drug-likeness (QED) is 0.164. The summed E-state index contributed by atoms with van der Waals surface area (Å²) in [5, 5.41) is 2.39. The lowest BCUT2D eigenvalue weighted by Crippen LogP contribution is -2.45. The van der Waals surface area contributed by atoms with E-state index in [0.29, 0.717) is 0 Å². The van der Waals surface area contributed by atoms with Gasteiger partial charge in [0, 0.05) is 52.1 Å². The number of hydrogen-bond donors (Lipinski definition) is 0. The topological polar surface area (TPSA) is 6.48 Å². The first kappa shape index (κ1) is 41.6. The second-order valence-electron chi connectivity index (χ2n) is 18.4. The van der Waals surface area contributed by atoms with Gasteiger partial charge >= 0.3 is 0 Å². The van der Waals surface area contributed by atoms with Crippen LogP contribution in [0.2, 0.25) is 0 Å². The highest BCUT2D eigenvalue weighted by Crippen LogP contribution is 2.71. The molecular formula is C62H46N2S4. The Bertz CT molecular complexity index is 3170.